The van der Waals surface area contributed by atoms with E-state index in [2.05, 4.69) is 4.98 Å². The van der Waals surface area contributed by atoms with Crippen LogP contribution in [0.3, 0.4) is 0 Å². The second-order valence-electron chi connectivity index (χ2n) is 6.43. The van der Waals surface area contributed by atoms with Crippen molar-refractivity contribution in [3.63, 3.8) is 0 Å². The minimum absolute atomic E-state index is 0.170. The van der Waals surface area contributed by atoms with Crippen LogP contribution in [0, 0.1) is 0 Å². The van der Waals surface area contributed by atoms with Crippen LogP contribution in [-0.4, -0.2) is 43.5 Å². The van der Waals surface area contributed by atoms with Gasteiger partial charge in [0.25, 0.3) is 0 Å². The summed E-state index contributed by atoms with van der Waals surface area (Å²) in [5.74, 6) is 2.05. The number of benzene rings is 2. The zero-order valence-corrected chi connectivity index (χ0v) is 16.0. The molecule has 0 saturated carbocycles. The minimum Gasteiger partial charge on any atom is -0.493 e. The lowest BCUT2D eigenvalue weighted by atomic mass is 9.90. The third kappa shape index (κ3) is 3.41. The van der Waals surface area contributed by atoms with Gasteiger partial charge in [0.05, 0.1) is 27.4 Å². The Bertz CT molecular complexity index is 948. The number of anilines is 1. The number of ether oxygens (including phenoxy) is 2. The Kier molecular flexibility index (Phi) is 5.48. The quantitative estimate of drug-likeness (QED) is 0.697. The van der Waals surface area contributed by atoms with Crippen molar-refractivity contribution in [1.82, 2.24) is 4.98 Å². The number of hydrogen-bond acceptors (Lipinski definition) is 6. The normalized spacial score (nSPS) is 10.9. The largest absolute Gasteiger partial charge is 0.493 e. The maximum atomic E-state index is 10.0. The molecule has 1 aromatic heterocycles. The molecule has 0 atom stereocenters. The first-order chi connectivity index (χ1) is 13.0. The van der Waals surface area contributed by atoms with E-state index < -0.39 is 0 Å². The highest BCUT2D eigenvalue weighted by atomic mass is 16.5. The number of rotatable bonds is 6. The molecule has 0 spiro atoms. The molecule has 3 rings (SSSR count). The van der Waals surface area contributed by atoms with Crippen molar-refractivity contribution in [3.05, 3.63) is 47.7 Å². The molecule has 0 bridgehead atoms. The SMILES string of the molecule is COc1cc2cc(CO)c(CO)c(-c3ccc(N(C)C)nc3)c2cc1OC. The number of methoxy groups -OCH3 is 2. The predicted molar refractivity (Wildman–Crippen MR) is 106 cm³/mol. The van der Waals surface area contributed by atoms with E-state index in [-0.39, 0.29) is 13.2 Å². The van der Waals surface area contributed by atoms with Gasteiger partial charge in [-0.2, -0.15) is 0 Å². The van der Waals surface area contributed by atoms with Crippen molar-refractivity contribution in [3.8, 4) is 22.6 Å². The molecule has 2 N–H and O–H groups in total. The average Bonchev–Trinajstić information content (AvgIpc) is 2.71. The maximum Gasteiger partial charge on any atom is 0.161 e. The summed E-state index contributed by atoms with van der Waals surface area (Å²) >= 11 is 0. The van der Waals surface area contributed by atoms with Crippen LogP contribution in [0.2, 0.25) is 0 Å². The Balaban J connectivity index is 2.36. The second-order valence-corrected chi connectivity index (χ2v) is 6.43. The summed E-state index contributed by atoms with van der Waals surface area (Å²) < 4.78 is 10.9. The summed E-state index contributed by atoms with van der Waals surface area (Å²) in [4.78, 5) is 6.42. The average molecular weight is 368 g/mol. The summed E-state index contributed by atoms with van der Waals surface area (Å²) in [5, 5.41) is 21.6. The smallest absolute Gasteiger partial charge is 0.161 e. The molecule has 3 aromatic rings. The molecule has 0 radical (unpaired) electrons. The molecular formula is C21H24N2O4. The molecule has 0 aliphatic carbocycles. The molecule has 6 heteroatoms. The van der Waals surface area contributed by atoms with Gasteiger partial charge >= 0.3 is 0 Å². The Morgan fingerprint density at radius 2 is 1.67 bits per heavy atom. The number of aromatic nitrogens is 1. The lowest BCUT2D eigenvalue weighted by molar-refractivity contribution is 0.260. The molecule has 142 valence electrons. The lowest BCUT2D eigenvalue weighted by Crippen LogP contribution is -2.10. The van der Waals surface area contributed by atoms with E-state index in [1.807, 2.05) is 49.3 Å². The van der Waals surface area contributed by atoms with Crippen LogP contribution in [0.25, 0.3) is 21.9 Å². The second kappa shape index (κ2) is 7.82. The van der Waals surface area contributed by atoms with Crippen LogP contribution in [0.1, 0.15) is 11.1 Å². The van der Waals surface area contributed by atoms with Crippen molar-refractivity contribution in [1.29, 1.82) is 0 Å². The van der Waals surface area contributed by atoms with Gasteiger partial charge in [0, 0.05) is 25.9 Å². The van der Waals surface area contributed by atoms with Crippen molar-refractivity contribution >= 4 is 16.6 Å². The van der Waals surface area contributed by atoms with Gasteiger partial charge < -0.3 is 24.6 Å². The monoisotopic (exact) mass is 368 g/mol. The summed E-state index contributed by atoms with van der Waals surface area (Å²) in [6.07, 6.45) is 1.78. The summed E-state index contributed by atoms with van der Waals surface area (Å²) in [5.41, 5.74) is 3.04. The van der Waals surface area contributed by atoms with Crippen LogP contribution in [0.4, 0.5) is 5.82 Å². The fraction of sp³-hybridized carbons (Fsp3) is 0.286. The molecule has 2 aromatic carbocycles. The van der Waals surface area contributed by atoms with Gasteiger partial charge in [-0.1, -0.05) is 0 Å². The minimum atomic E-state index is -0.190. The lowest BCUT2D eigenvalue weighted by Gasteiger charge is -2.18. The summed E-state index contributed by atoms with van der Waals surface area (Å²) in [6.45, 7) is -0.360. The highest BCUT2D eigenvalue weighted by Gasteiger charge is 2.17. The zero-order valence-electron chi connectivity index (χ0n) is 16.0. The first-order valence-corrected chi connectivity index (χ1v) is 8.60. The molecule has 1 heterocycles. The van der Waals surface area contributed by atoms with Gasteiger partial charge in [0.2, 0.25) is 0 Å². The third-order valence-electron chi connectivity index (χ3n) is 4.67. The molecule has 0 fully saturated rings. The van der Waals surface area contributed by atoms with Gasteiger partial charge in [0.15, 0.2) is 11.5 Å². The number of pyridine rings is 1. The first kappa shape index (κ1) is 18.9. The van der Waals surface area contributed by atoms with Crippen LogP contribution in [-0.2, 0) is 13.2 Å². The maximum absolute atomic E-state index is 10.0. The van der Waals surface area contributed by atoms with Gasteiger partial charge in [-0.3, -0.25) is 0 Å². The molecule has 0 aliphatic heterocycles. The molecule has 27 heavy (non-hydrogen) atoms. The Labute approximate surface area is 158 Å². The number of hydrogen-bond donors (Lipinski definition) is 2. The molecule has 0 aliphatic rings. The predicted octanol–water partition coefficient (Wildman–Crippen LogP) is 2.97. The number of fused-ring (bicyclic) bond motifs is 1. The molecule has 0 amide bonds. The van der Waals surface area contributed by atoms with Gasteiger partial charge in [-0.25, -0.2) is 4.98 Å². The van der Waals surface area contributed by atoms with Crippen LogP contribution < -0.4 is 14.4 Å². The van der Waals surface area contributed by atoms with E-state index in [4.69, 9.17) is 9.47 Å². The Hall–Kier alpha value is -2.83. The van der Waals surface area contributed by atoms with Gasteiger partial charge in [-0.05, 0) is 57.8 Å². The van der Waals surface area contributed by atoms with E-state index >= 15 is 0 Å². The number of aliphatic hydroxyl groups excluding tert-OH is 2. The molecule has 6 nitrogen and oxygen atoms in total. The topological polar surface area (TPSA) is 75.0 Å². The van der Waals surface area contributed by atoms with Crippen LogP contribution in [0.15, 0.2) is 36.5 Å². The highest BCUT2D eigenvalue weighted by molar-refractivity contribution is 6.01. The number of aliphatic hydroxyl groups is 2. The van der Waals surface area contributed by atoms with Crippen molar-refractivity contribution < 1.29 is 19.7 Å². The first-order valence-electron chi connectivity index (χ1n) is 8.60. The zero-order chi connectivity index (χ0) is 19.6. The Morgan fingerprint density at radius 1 is 0.963 bits per heavy atom. The summed E-state index contributed by atoms with van der Waals surface area (Å²) in [7, 11) is 7.04. The fourth-order valence-corrected chi connectivity index (χ4v) is 3.28. The van der Waals surface area contributed by atoms with Crippen molar-refractivity contribution in [2.75, 3.05) is 33.2 Å². The van der Waals surface area contributed by atoms with E-state index in [0.29, 0.717) is 22.6 Å². The van der Waals surface area contributed by atoms with E-state index in [0.717, 1.165) is 27.7 Å². The van der Waals surface area contributed by atoms with Crippen LogP contribution in [0.5, 0.6) is 11.5 Å². The third-order valence-corrected chi connectivity index (χ3v) is 4.67. The fourth-order valence-electron chi connectivity index (χ4n) is 3.28. The highest BCUT2D eigenvalue weighted by Crippen LogP contribution is 2.40. The summed E-state index contributed by atoms with van der Waals surface area (Å²) in [6, 6.07) is 9.53. The van der Waals surface area contributed by atoms with Crippen LogP contribution >= 0.6 is 0 Å². The Morgan fingerprint density at radius 3 is 2.19 bits per heavy atom. The molecule has 0 unspecified atom stereocenters. The van der Waals surface area contributed by atoms with Gasteiger partial charge in [0.1, 0.15) is 5.82 Å². The van der Waals surface area contributed by atoms with E-state index in [1.165, 1.54) is 0 Å². The van der Waals surface area contributed by atoms with Crippen molar-refractivity contribution in [2.24, 2.45) is 0 Å². The standard InChI is InChI=1S/C21H24N2O4/c1-23(2)20-6-5-13(10-22-20)21-16-9-19(27-4)18(26-3)8-14(16)7-15(11-24)17(21)12-25/h5-10,24-25H,11-12H2,1-4H3. The molecule has 0 saturated heterocycles. The van der Waals surface area contributed by atoms with Crippen molar-refractivity contribution in [2.45, 2.75) is 13.2 Å². The van der Waals surface area contributed by atoms with E-state index in [9.17, 15) is 10.2 Å². The van der Waals surface area contributed by atoms with E-state index in [1.54, 1.807) is 20.4 Å². The van der Waals surface area contributed by atoms with Gasteiger partial charge in [-0.15, -0.1) is 0 Å². The molecular weight excluding hydrogens is 344 g/mol. The number of nitrogens with zero attached hydrogens (tertiary/aromatic N) is 2.